The van der Waals surface area contributed by atoms with E-state index in [4.69, 9.17) is 8.83 Å². The van der Waals surface area contributed by atoms with Gasteiger partial charge in [0.15, 0.2) is 0 Å². The molecule has 0 radical (unpaired) electrons. The van der Waals surface area contributed by atoms with Crippen molar-refractivity contribution in [1.29, 1.82) is 0 Å². The number of fused-ring (bicyclic) bond motifs is 6. The van der Waals surface area contributed by atoms with Crippen LogP contribution in [0, 0.1) is 0 Å². The maximum atomic E-state index is 6.95. The smallest absolute Gasteiger partial charge is 0.144 e. The van der Waals surface area contributed by atoms with Crippen LogP contribution < -0.4 is 0 Å². The highest BCUT2D eigenvalue weighted by Crippen LogP contribution is 2.49. The summed E-state index contributed by atoms with van der Waals surface area (Å²) < 4.78 is 13.2. The fourth-order valence-corrected chi connectivity index (χ4v) is 6.67. The Kier molecular flexibility index (Phi) is 4.93. The Bertz CT molecular complexity index is 2390. The molecule has 196 valence electrons. The predicted octanol–water partition coefficient (Wildman–Crippen LogP) is 11.6. The van der Waals surface area contributed by atoms with Crippen molar-refractivity contribution < 1.29 is 8.83 Å². The van der Waals surface area contributed by atoms with Crippen molar-refractivity contribution in [3.8, 4) is 33.6 Å². The highest BCUT2D eigenvalue weighted by atomic mass is 16.3. The third-order valence-electron chi connectivity index (χ3n) is 8.47. The van der Waals surface area contributed by atoms with Gasteiger partial charge in [-0.25, -0.2) is 0 Å². The summed E-state index contributed by atoms with van der Waals surface area (Å²) in [4.78, 5) is 0. The number of benzene rings is 7. The minimum absolute atomic E-state index is 0.815. The lowest BCUT2D eigenvalue weighted by atomic mass is 9.86. The lowest BCUT2D eigenvalue weighted by Crippen LogP contribution is -1.91. The molecule has 0 saturated heterocycles. The monoisotopic (exact) mass is 536 g/mol. The maximum absolute atomic E-state index is 6.95. The Morgan fingerprint density at radius 3 is 1.38 bits per heavy atom. The number of rotatable bonds is 3. The van der Waals surface area contributed by atoms with Crippen molar-refractivity contribution in [3.05, 3.63) is 146 Å². The average molecular weight is 537 g/mol. The highest BCUT2D eigenvalue weighted by molar-refractivity contribution is 6.23. The highest BCUT2D eigenvalue weighted by Gasteiger charge is 2.24. The van der Waals surface area contributed by atoms with E-state index in [-0.39, 0.29) is 0 Å². The molecule has 9 aromatic rings. The summed E-state index contributed by atoms with van der Waals surface area (Å²) in [6.07, 6.45) is 0. The molecule has 0 unspecified atom stereocenters. The quantitative estimate of drug-likeness (QED) is 0.210. The molecular formula is C40H24O2. The fourth-order valence-electron chi connectivity index (χ4n) is 6.67. The van der Waals surface area contributed by atoms with Crippen LogP contribution in [-0.4, -0.2) is 0 Å². The van der Waals surface area contributed by atoms with Gasteiger partial charge < -0.3 is 8.83 Å². The van der Waals surface area contributed by atoms with Crippen molar-refractivity contribution >= 4 is 54.5 Å². The SMILES string of the molecule is c1ccc(-c2c(-c3c4ccccc4c(-c4ccccc4)c4ccccc34)oc3cc4oc5ccccc5c4cc23)cc1. The molecule has 0 aliphatic carbocycles. The van der Waals surface area contributed by atoms with Gasteiger partial charge in [0.1, 0.15) is 22.5 Å². The van der Waals surface area contributed by atoms with Crippen molar-refractivity contribution in [2.45, 2.75) is 0 Å². The molecule has 0 aliphatic heterocycles. The molecule has 0 fully saturated rings. The zero-order valence-electron chi connectivity index (χ0n) is 22.7. The van der Waals surface area contributed by atoms with E-state index in [2.05, 4.69) is 133 Å². The van der Waals surface area contributed by atoms with Gasteiger partial charge in [0.25, 0.3) is 0 Å². The fraction of sp³-hybridized carbons (Fsp3) is 0. The van der Waals surface area contributed by atoms with Gasteiger partial charge in [0, 0.05) is 33.4 Å². The van der Waals surface area contributed by atoms with Crippen molar-refractivity contribution in [3.63, 3.8) is 0 Å². The van der Waals surface area contributed by atoms with Crippen molar-refractivity contribution in [1.82, 2.24) is 0 Å². The first-order valence-electron chi connectivity index (χ1n) is 14.3. The molecule has 0 saturated carbocycles. The van der Waals surface area contributed by atoms with Crippen LogP contribution in [0.1, 0.15) is 0 Å². The minimum atomic E-state index is 0.815. The van der Waals surface area contributed by atoms with E-state index >= 15 is 0 Å². The standard InChI is InChI=1S/C40H24O2/c1-3-13-25(14-4-1)37-28-18-7-9-20-30(28)39(31-21-10-8-19-29(31)37)40-38(26-15-5-2-6-16-26)33-23-32-27-17-11-12-22-34(27)41-35(32)24-36(33)42-40/h1-24H. The molecule has 0 bridgehead atoms. The molecule has 42 heavy (non-hydrogen) atoms. The molecule has 9 rings (SSSR count). The second kappa shape index (κ2) is 8.95. The van der Waals surface area contributed by atoms with Crippen LogP contribution in [0.3, 0.4) is 0 Å². The van der Waals surface area contributed by atoms with E-state index in [0.29, 0.717) is 0 Å². The summed E-state index contributed by atoms with van der Waals surface area (Å²) in [6, 6.07) is 51.2. The van der Waals surface area contributed by atoms with Gasteiger partial charge in [-0.3, -0.25) is 0 Å². The van der Waals surface area contributed by atoms with E-state index in [0.717, 1.165) is 55.4 Å². The van der Waals surface area contributed by atoms with Crippen LogP contribution in [0.2, 0.25) is 0 Å². The third kappa shape index (κ3) is 3.33. The second-order valence-corrected chi connectivity index (χ2v) is 10.8. The first-order chi connectivity index (χ1) is 20.8. The molecule has 2 heteroatoms. The summed E-state index contributed by atoms with van der Waals surface area (Å²) >= 11 is 0. The Hall–Kier alpha value is -5.60. The molecule has 0 spiro atoms. The van der Waals surface area contributed by atoms with E-state index in [1.807, 2.05) is 12.1 Å². The van der Waals surface area contributed by atoms with Gasteiger partial charge in [0.05, 0.1) is 0 Å². The van der Waals surface area contributed by atoms with Crippen LogP contribution in [-0.2, 0) is 0 Å². The van der Waals surface area contributed by atoms with Gasteiger partial charge in [-0.05, 0) is 50.4 Å². The van der Waals surface area contributed by atoms with E-state index < -0.39 is 0 Å². The Morgan fingerprint density at radius 1 is 0.286 bits per heavy atom. The van der Waals surface area contributed by atoms with Gasteiger partial charge in [-0.2, -0.15) is 0 Å². The van der Waals surface area contributed by atoms with E-state index in [1.54, 1.807) is 0 Å². The minimum Gasteiger partial charge on any atom is -0.456 e. The lowest BCUT2D eigenvalue weighted by molar-refractivity contribution is 0.630. The molecule has 0 aliphatic rings. The van der Waals surface area contributed by atoms with Crippen LogP contribution in [0.4, 0.5) is 0 Å². The summed E-state index contributed by atoms with van der Waals surface area (Å²) in [5.74, 6) is 0.875. The number of hydrogen-bond acceptors (Lipinski definition) is 2. The molecule has 0 atom stereocenters. The van der Waals surface area contributed by atoms with E-state index in [9.17, 15) is 0 Å². The third-order valence-corrected chi connectivity index (χ3v) is 8.47. The lowest BCUT2D eigenvalue weighted by Gasteiger charge is -2.17. The second-order valence-electron chi connectivity index (χ2n) is 10.8. The largest absolute Gasteiger partial charge is 0.456 e. The zero-order chi connectivity index (χ0) is 27.6. The van der Waals surface area contributed by atoms with Crippen LogP contribution >= 0.6 is 0 Å². The molecule has 0 amide bonds. The topological polar surface area (TPSA) is 26.3 Å². The first-order valence-corrected chi connectivity index (χ1v) is 14.3. The summed E-state index contributed by atoms with van der Waals surface area (Å²) in [5.41, 5.74) is 8.31. The molecule has 7 aromatic carbocycles. The normalized spacial score (nSPS) is 11.8. The Balaban J connectivity index is 1.46. The molecular weight excluding hydrogens is 512 g/mol. The number of hydrogen-bond donors (Lipinski definition) is 0. The van der Waals surface area contributed by atoms with Crippen LogP contribution in [0.25, 0.3) is 88.0 Å². The molecule has 2 aromatic heterocycles. The first kappa shape index (κ1) is 23.1. The van der Waals surface area contributed by atoms with Gasteiger partial charge in [-0.15, -0.1) is 0 Å². The average Bonchev–Trinajstić information content (AvgIpc) is 3.60. The maximum Gasteiger partial charge on any atom is 0.144 e. The summed E-state index contributed by atoms with van der Waals surface area (Å²) in [5, 5.41) is 8.03. The number of para-hydroxylation sites is 1. The zero-order valence-corrected chi connectivity index (χ0v) is 22.7. The van der Waals surface area contributed by atoms with Gasteiger partial charge >= 0.3 is 0 Å². The molecule has 2 nitrogen and oxygen atoms in total. The van der Waals surface area contributed by atoms with Gasteiger partial charge in [0.2, 0.25) is 0 Å². The van der Waals surface area contributed by atoms with Crippen LogP contribution in [0.15, 0.2) is 154 Å². The number of furan rings is 2. The van der Waals surface area contributed by atoms with Crippen LogP contribution in [0.5, 0.6) is 0 Å². The summed E-state index contributed by atoms with van der Waals surface area (Å²) in [6.45, 7) is 0. The molecule has 0 N–H and O–H groups in total. The Morgan fingerprint density at radius 2 is 0.762 bits per heavy atom. The molecule has 2 heterocycles. The van der Waals surface area contributed by atoms with Crippen molar-refractivity contribution in [2.24, 2.45) is 0 Å². The Labute approximate surface area is 242 Å². The summed E-state index contributed by atoms with van der Waals surface area (Å²) in [7, 11) is 0. The predicted molar refractivity (Wildman–Crippen MR) is 175 cm³/mol. The van der Waals surface area contributed by atoms with Gasteiger partial charge in [-0.1, -0.05) is 127 Å². The van der Waals surface area contributed by atoms with E-state index in [1.165, 1.54) is 32.7 Å². The van der Waals surface area contributed by atoms with Crippen molar-refractivity contribution in [2.75, 3.05) is 0 Å².